The second-order valence-electron chi connectivity index (χ2n) is 7.47. The van der Waals surface area contributed by atoms with Crippen LogP contribution in [0.2, 0.25) is 5.02 Å². The molecule has 0 spiro atoms. The highest BCUT2D eigenvalue weighted by Gasteiger charge is 2.20. The van der Waals surface area contributed by atoms with Gasteiger partial charge in [-0.3, -0.25) is 0 Å². The molecule has 1 fully saturated rings. The lowest BCUT2D eigenvalue weighted by Gasteiger charge is -2.30. The number of fused-ring (bicyclic) bond motifs is 1. The van der Waals surface area contributed by atoms with Gasteiger partial charge in [-0.1, -0.05) is 18.0 Å². The second-order valence-corrected chi connectivity index (χ2v) is 7.91. The van der Waals surface area contributed by atoms with Crippen LogP contribution in [0.1, 0.15) is 42.8 Å². The Morgan fingerprint density at radius 1 is 1.15 bits per heavy atom. The first-order valence-corrected chi connectivity index (χ1v) is 10.1. The van der Waals surface area contributed by atoms with Crippen LogP contribution in [0.3, 0.4) is 0 Å². The van der Waals surface area contributed by atoms with Crippen LogP contribution in [0.15, 0.2) is 28.9 Å². The van der Waals surface area contributed by atoms with E-state index in [1.54, 1.807) is 6.33 Å². The number of hydrogen-bond acceptors (Lipinski definition) is 5. The maximum absolute atomic E-state index is 6.06. The first-order valence-electron chi connectivity index (χ1n) is 9.68. The molecule has 3 aromatic rings. The van der Waals surface area contributed by atoms with Crippen molar-refractivity contribution in [3.8, 4) is 0 Å². The summed E-state index contributed by atoms with van der Waals surface area (Å²) in [4.78, 5) is 15.9. The van der Waals surface area contributed by atoms with E-state index in [0.29, 0.717) is 10.9 Å². The summed E-state index contributed by atoms with van der Waals surface area (Å²) in [6, 6.07) is 5.61. The Hall–Kier alpha value is -2.14. The summed E-state index contributed by atoms with van der Waals surface area (Å²) in [7, 11) is 0. The van der Waals surface area contributed by atoms with Crippen LogP contribution in [0.4, 0.5) is 5.82 Å². The third-order valence-electron chi connectivity index (χ3n) is 5.56. The third-order valence-corrected chi connectivity index (χ3v) is 5.80. The Balaban J connectivity index is 1.47. The Bertz CT molecular complexity index is 939. The first-order chi connectivity index (χ1) is 13.1. The van der Waals surface area contributed by atoms with Crippen molar-refractivity contribution < 1.29 is 4.42 Å². The van der Waals surface area contributed by atoms with Gasteiger partial charge in [0.25, 0.3) is 0 Å². The van der Waals surface area contributed by atoms with E-state index in [1.165, 1.54) is 24.8 Å². The van der Waals surface area contributed by atoms with Gasteiger partial charge in [0.15, 0.2) is 11.5 Å². The third kappa shape index (κ3) is 4.08. The molecule has 0 radical (unpaired) electrons. The van der Waals surface area contributed by atoms with Crippen LogP contribution in [0.25, 0.3) is 11.1 Å². The Morgan fingerprint density at radius 3 is 2.93 bits per heavy atom. The quantitative estimate of drug-likeness (QED) is 0.626. The highest BCUT2D eigenvalue weighted by Crippen LogP contribution is 2.27. The van der Waals surface area contributed by atoms with Gasteiger partial charge in [-0.2, -0.15) is 0 Å². The standard InChI is InChI=1S/C21H25ClN4O/c1-14-15(2)23-13-24-21(14)26-9-4-3-5-16(8-10-26)11-20-25-18-12-17(22)6-7-19(18)27-20/h6-7,12-13,16H,3-5,8-11H2,1-2H3. The van der Waals surface area contributed by atoms with E-state index >= 15 is 0 Å². The number of oxazole rings is 1. The summed E-state index contributed by atoms with van der Waals surface area (Å²) in [5.41, 5.74) is 3.90. The molecule has 3 heterocycles. The van der Waals surface area contributed by atoms with E-state index in [-0.39, 0.29) is 0 Å². The van der Waals surface area contributed by atoms with Crippen molar-refractivity contribution in [3.63, 3.8) is 0 Å². The molecule has 0 aliphatic carbocycles. The van der Waals surface area contributed by atoms with E-state index in [2.05, 4.69) is 26.8 Å². The number of aryl methyl sites for hydroxylation is 1. The predicted molar refractivity (Wildman–Crippen MR) is 108 cm³/mol. The molecule has 0 bridgehead atoms. The van der Waals surface area contributed by atoms with Gasteiger partial charge < -0.3 is 9.32 Å². The monoisotopic (exact) mass is 384 g/mol. The molecule has 5 nitrogen and oxygen atoms in total. The lowest BCUT2D eigenvalue weighted by atomic mass is 9.93. The zero-order valence-electron chi connectivity index (χ0n) is 15.9. The van der Waals surface area contributed by atoms with Gasteiger partial charge in [-0.05, 0) is 57.2 Å². The van der Waals surface area contributed by atoms with E-state index in [1.807, 2.05) is 25.1 Å². The van der Waals surface area contributed by atoms with Crippen molar-refractivity contribution in [2.75, 3.05) is 18.0 Å². The van der Waals surface area contributed by atoms with Crippen LogP contribution in [-0.4, -0.2) is 28.0 Å². The predicted octanol–water partition coefficient (Wildman–Crippen LogP) is 5.13. The minimum atomic E-state index is 0.569. The minimum Gasteiger partial charge on any atom is -0.441 e. The molecule has 6 heteroatoms. The molecular weight excluding hydrogens is 360 g/mol. The average Bonchev–Trinajstić information content (AvgIpc) is 3.02. The number of anilines is 1. The lowest BCUT2D eigenvalue weighted by molar-refractivity contribution is 0.371. The van der Waals surface area contributed by atoms with Crippen molar-refractivity contribution in [1.29, 1.82) is 0 Å². The average molecular weight is 385 g/mol. The normalized spacial score (nSPS) is 18.5. The highest BCUT2D eigenvalue weighted by atomic mass is 35.5. The molecule has 1 unspecified atom stereocenters. The Labute approximate surface area is 164 Å². The van der Waals surface area contributed by atoms with Crippen molar-refractivity contribution in [2.45, 2.75) is 46.0 Å². The van der Waals surface area contributed by atoms with Crippen molar-refractivity contribution >= 4 is 28.5 Å². The number of hydrogen-bond donors (Lipinski definition) is 0. The van der Waals surface area contributed by atoms with Crippen LogP contribution < -0.4 is 4.90 Å². The fourth-order valence-corrected chi connectivity index (χ4v) is 4.04. The Kier molecular flexibility index (Phi) is 5.30. The molecular formula is C21H25ClN4O. The van der Waals surface area contributed by atoms with Crippen molar-refractivity contribution in [3.05, 3.63) is 46.7 Å². The van der Waals surface area contributed by atoms with Gasteiger partial charge in [-0.15, -0.1) is 0 Å². The van der Waals surface area contributed by atoms with Gasteiger partial charge >= 0.3 is 0 Å². The maximum Gasteiger partial charge on any atom is 0.195 e. The second kappa shape index (κ2) is 7.85. The summed E-state index contributed by atoms with van der Waals surface area (Å²) in [5, 5.41) is 0.694. The van der Waals surface area contributed by atoms with Gasteiger partial charge in [0.2, 0.25) is 0 Å². The lowest BCUT2D eigenvalue weighted by Crippen LogP contribution is -2.31. The number of benzene rings is 1. The zero-order valence-corrected chi connectivity index (χ0v) is 16.7. The molecule has 142 valence electrons. The Morgan fingerprint density at radius 2 is 2.04 bits per heavy atom. The minimum absolute atomic E-state index is 0.569. The molecule has 4 rings (SSSR count). The molecule has 0 amide bonds. The van der Waals surface area contributed by atoms with Gasteiger partial charge in [0.1, 0.15) is 17.7 Å². The topological polar surface area (TPSA) is 55.1 Å². The smallest absolute Gasteiger partial charge is 0.195 e. The van der Waals surface area contributed by atoms with Crippen LogP contribution in [0.5, 0.6) is 0 Å². The van der Waals surface area contributed by atoms with Gasteiger partial charge in [0.05, 0.1) is 0 Å². The number of nitrogens with zero attached hydrogens (tertiary/aromatic N) is 4. The fraction of sp³-hybridized carbons (Fsp3) is 0.476. The molecule has 1 aliphatic rings. The summed E-state index contributed by atoms with van der Waals surface area (Å²) in [5.74, 6) is 2.47. The molecule has 0 N–H and O–H groups in total. The SMILES string of the molecule is Cc1ncnc(N2CCCCC(Cc3nc4cc(Cl)ccc4o3)CC2)c1C. The van der Waals surface area contributed by atoms with Crippen LogP contribution in [0, 0.1) is 19.8 Å². The maximum atomic E-state index is 6.06. The fourth-order valence-electron chi connectivity index (χ4n) is 3.87. The summed E-state index contributed by atoms with van der Waals surface area (Å²) in [6.07, 6.45) is 7.29. The first kappa shape index (κ1) is 18.2. The number of aromatic nitrogens is 3. The van der Waals surface area contributed by atoms with Crippen molar-refractivity contribution in [2.24, 2.45) is 5.92 Å². The summed E-state index contributed by atoms with van der Waals surface area (Å²) < 4.78 is 5.94. The van der Waals surface area contributed by atoms with Crippen LogP contribution in [-0.2, 0) is 6.42 Å². The van der Waals surface area contributed by atoms with E-state index < -0.39 is 0 Å². The van der Waals surface area contributed by atoms with Crippen molar-refractivity contribution in [1.82, 2.24) is 15.0 Å². The molecule has 1 aliphatic heterocycles. The molecule has 1 aromatic carbocycles. The highest BCUT2D eigenvalue weighted by molar-refractivity contribution is 6.31. The molecule has 2 aromatic heterocycles. The van der Waals surface area contributed by atoms with Gasteiger partial charge in [-0.25, -0.2) is 15.0 Å². The summed E-state index contributed by atoms with van der Waals surface area (Å²) in [6.45, 7) is 6.23. The molecule has 0 saturated carbocycles. The van der Waals surface area contributed by atoms with E-state index in [4.69, 9.17) is 16.0 Å². The van der Waals surface area contributed by atoms with Gasteiger partial charge in [0, 0.05) is 35.8 Å². The van der Waals surface area contributed by atoms with E-state index in [0.717, 1.165) is 54.4 Å². The van der Waals surface area contributed by atoms with E-state index in [9.17, 15) is 0 Å². The number of rotatable bonds is 3. The number of halogens is 1. The summed E-state index contributed by atoms with van der Waals surface area (Å²) >= 11 is 6.06. The molecule has 1 saturated heterocycles. The molecule has 1 atom stereocenters. The molecule has 27 heavy (non-hydrogen) atoms. The van der Waals surface area contributed by atoms with Crippen LogP contribution >= 0.6 is 11.6 Å². The zero-order chi connectivity index (χ0) is 18.8. The largest absolute Gasteiger partial charge is 0.441 e.